The van der Waals surface area contributed by atoms with E-state index >= 15 is 0 Å². The lowest BCUT2D eigenvalue weighted by Gasteiger charge is -2.38. The predicted octanol–water partition coefficient (Wildman–Crippen LogP) is 4.01. The van der Waals surface area contributed by atoms with Crippen LogP contribution in [0.3, 0.4) is 0 Å². The molecule has 0 bridgehead atoms. The van der Waals surface area contributed by atoms with Crippen molar-refractivity contribution in [2.75, 3.05) is 6.61 Å². The Morgan fingerprint density at radius 2 is 1.74 bits per heavy atom. The Bertz CT molecular complexity index is 1090. The standard InChI is InChI=1S/C29H36N2O7/c1-4-34-23(32)17-22(31(20-15-16-20)28(33)30-18-19-11-7-5-8-12-19)24-25(35-21-13-9-6-10-14-21)26-27(36-24)38-29(2,3)37-26/h5-14,20,22,24-27H,4,15-18H2,1-3H3,(H,30,33)/t22-,24?,25-,26+,27+/m0/s1. The van der Waals surface area contributed by atoms with Crippen LogP contribution in [0.15, 0.2) is 60.7 Å². The second-order valence-corrected chi connectivity index (χ2v) is 10.3. The molecule has 1 N–H and O–H groups in total. The smallest absolute Gasteiger partial charge is 0.318 e. The molecular weight excluding hydrogens is 488 g/mol. The summed E-state index contributed by atoms with van der Waals surface area (Å²) in [6.45, 7) is 6.03. The van der Waals surface area contributed by atoms with Gasteiger partial charge in [-0.25, -0.2) is 4.79 Å². The highest BCUT2D eigenvalue weighted by Gasteiger charge is 2.60. The number of fused-ring (bicyclic) bond motifs is 1. The molecule has 1 unspecified atom stereocenters. The van der Waals surface area contributed by atoms with Gasteiger partial charge in [0, 0.05) is 12.6 Å². The van der Waals surface area contributed by atoms with E-state index in [0.29, 0.717) is 12.3 Å². The number of urea groups is 1. The van der Waals surface area contributed by atoms with Gasteiger partial charge in [-0.3, -0.25) is 4.79 Å². The van der Waals surface area contributed by atoms with E-state index in [4.69, 9.17) is 23.7 Å². The molecule has 5 rings (SSSR count). The van der Waals surface area contributed by atoms with Gasteiger partial charge in [0.1, 0.15) is 11.9 Å². The summed E-state index contributed by atoms with van der Waals surface area (Å²) in [5.41, 5.74) is 0.986. The first-order valence-corrected chi connectivity index (χ1v) is 13.3. The van der Waals surface area contributed by atoms with Crippen molar-refractivity contribution in [1.82, 2.24) is 10.2 Å². The summed E-state index contributed by atoms with van der Waals surface area (Å²) in [4.78, 5) is 28.2. The molecule has 38 heavy (non-hydrogen) atoms. The zero-order chi connectivity index (χ0) is 26.7. The third-order valence-electron chi connectivity index (χ3n) is 6.92. The van der Waals surface area contributed by atoms with Crippen LogP contribution in [-0.2, 0) is 30.3 Å². The molecule has 3 aliphatic rings. The summed E-state index contributed by atoms with van der Waals surface area (Å²) < 4.78 is 30.4. The SMILES string of the molecule is CCOC(=O)C[C@@H](C1O[C@@H]2OC(C)(C)O[C@@H]2[C@H]1Oc1ccccc1)N(C(=O)NCc1ccccc1)C1CC1. The average Bonchev–Trinajstić information content (AvgIpc) is 3.62. The molecule has 9 nitrogen and oxygen atoms in total. The topological polar surface area (TPSA) is 95.6 Å². The highest BCUT2D eigenvalue weighted by atomic mass is 16.8. The van der Waals surface area contributed by atoms with Crippen LogP contribution in [0.5, 0.6) is 5.75 Å². The first-order valence-electron chi connectivity index (χ1n) is 13.3. The molecule has 1 aliphatic carbocycles. The monoisotopic (exact) mass is 524 g/mol. The van der Waals surface area contributed by atoms with E-state index in [0.717, 1.165) is 18.4 Å². The number of amides is 2. The summed E-state index contributed by atoms with van der Waals surface area (Å²) in [5.74, 6) is -0.611. The Labute approximate surface area is 223 Å². The summed E-state index contributed by atoms with van der Waals surface area (Å²) in [6, 6.07) is 18.2. The first kappa shape index (κ1) is 26.5. The van der Waals surface area contributed by atoms with Gasteiger partial charge >= 0.3 is 12.0 Å². The zero-order valence-corrected chi connectivity index (χ0v) is 22.1. The van der Waals surface area contributed by atoms with Gasteiger partial charge in [-0.05, 0) is 51.3 Å². The first-order chi connectivity index (χ1) is 18.3. The van der Waals surface area contributed by atoms with Crippen molar-refractivity contribution < 1.29 is 33.3 Å². The number of carbonyl (C=O) groups is 2. The van der Waals surface area contributed by atoms with Crippen molar-refractivity contribution in [2.45, 2.75) is 89.1 Å². The molecule has 3 fully saturated rings. The lowest BCUT2D eigenvalue weighted by molar-refractivity contribution is -0.220. The normalized spacial score (nSPS) is 26.3. The molecule has 2 saturated heterocycles. The molecule has 5 atom stereocenters. The van der Waals surface area contributed by atoms with Gasteiger partial charge in [0.2, 0.25) is 0 Å². The number of carbonyl (C=O) groups excluding carboxylic acids is 2. The van der Waals surface area contributed by atoms with E-state index in [1.165, 1.54) is 0 Å². The Hall–Kier alpha value is -3.14. The number of nitrogens with one attached hydrogen (secondary N) is 1. The predicted molar refractivity (Wildman–Crippen MR) is 138 cm³/mol. The number of hydrogen-bond donors (Lipinski definition) is 1. The molecule has 2 aromatic carbocycles. The van der Waals surface area contributed by atoms with Gasteiger partial charge in [-0.1, -0.05) is 48.5 Å². The minimum absolute atomic E-state index is 0.00936. The van der Waals surface area contributed by atoms with E-state index in [2.05, 4.69) is 5.32 Å². The molecule has 0 spiro atoms. The van der Waals surface area contributed by atoms with Crippen LogP contribution in [0.25, 0.3) is 0 Å². The molecule has 9 heteroatoms. The number of esters is 1. The van der Waals surface area contributed by atoms with Crippen molar-refractivity contribution in [2.24, 2.45) is 0 Å². The van der Waals surface area contributed by atoms with Crippen LogP contribution < -0.4 is 10.1 Å². The fourth-order valence-electron chi connectivity index (χ4n) is 5.17. The number of hydrogen-bond acceptors (Lipinski definition) is 7. The van der Waals surface area contributed by atoms with Crippen LogP contribution in [-0.4, -0.2) is 66.0 Å². The van der Waals surface area contributed by atoms with Crippen molar-refractivity contribution >= 4 is 12.0 Å². The number of para-hydroxylation sites is 1. The Balaban J connectivity index is 1.43. The highest BCUT2D eigenvalue weighted by Crippen LogP contribution is 2.43. The number of rotatable bonds is 10. The molecule has 2 aliphatic heterocycles. The van der Waals surface area contributed by atoms with E-state index in [1.54, 1.807) is 11.8 Å². The van der Waals surface area contributed by atoms with Crippen LogP contribution in [0.1, 0.15) is 45.6 Å². The fourth-order valence-corrected chi connectivity index (χ4v) is 5.17. The van der Waals surface area contributed by atoms with E-state index in [9.17, 15) is 9.59 Å². The molecule has 0 radical (unpaired) electrons. The number of benzene rings is 2. The zero-order valence-electron chi connectivity index (χ0n) is 22.1. The Morgan fingerprint density at radius 1 is 1.05 bits per heavy atom. The van der Waals surface area contributed by atoms with E-state index in [1.807, 2.05) is 74.5 Å². The fraction of sp³-hybridized carbons (Fsp3) is 0.517. The van der Waals surface area contributed by atoms with Crippen molar-refractivity contribution in [3.8, 4) is 5.75 Å². The molecular formula is C29H36N2O7. The lowest BCUT2D eigenvalue weighted by atomic mass is 9.98. The van der Waals surface area contributed by atoms with Gasteiger partial charge in [0.15, 0.2) is 24.3 Å². The average molecular weight is 525 g/mol. The second-order valence-electron chi connectivity index (χ2n) is 10.3. The number of ether oxygens (including phenoxy) is 5. The Morgan fingerprint density at radius 3 is 2.39 bits per heavy atom. The maximum absolute atomic E-state index is 13.7. The minimum Gasteiger partial charge on any atom is -0.485 e. The van der Waals surface area contributed by atoms with Gasteiger partial charge in [0.25, 0.3) is 0 Å². The summed E-state index contributed by atoms with van der Waals surface area (Å²) in [7, 11) is 0. The van der Waals surface area contributed by atoms with Gasteiger partial charge < -0.3 is 33.9 Å². The largest absolute Gasteiger partial charge is 0.485 e. The van der Waals surface area contributed by atoms with E-state index in [-0.39, 0.29) is 25.1 Å². The van der Waals surface area contributed by atoms with Crippen molar-refractivity contribution in [3.05, 3.63) is 66.2 Å². The summed E-state index contributed by atoms with van der Waals surface area (Å²) in [5, 5.41) is 3.03. The third kappa shape index (κ3) is 6.11. The van der Waals surface area contributed by atoms with Crippen molar-refractivity contribution in [3.63, 3.8) is 0 Å². The second kappa shape index (κ2) is 11.3. The number of nitrogens with zero attached hydrogens (tertiary/aromatic N) is 1. The minimum atomic E-state index is -0.849. The molecule has 1 saturated carbocycles. The summed E-state index contributed by atoms with van der Waals surface area (Å²) in [6.07, 6.45) is -0.870. The quantitative estimate of drug-likeness (QED) is 0.469. The summed E-state index contributed by atoms with van der Waals surface area (Å²) >= 11 is 0. The van der Waals surface area contributed by atoms with Crippen LogP contribution >= 0.6 is 0 Å². The van der Waals surface area contributed by atoms with Crippen LogP contribution in [0, 0.1) is 0 Å². The molecule has 2 heterocycles. The lowest BCUT2D eigenvalue weighted by Crippen LogP contribution is -2.57. The van der Waals surface area contributed by atoms with Crippen molar-refractivity contribution in [1.29, 1.82) is 0 Å². The van der Waals surface area contributed by atoms with Gasteiger partial charge in [-0.2, -0.15) is 0 Å². The molecule has 204 valence electrons. The highest BCUT2D eigenvalue weighted by molar-refractivity contribution is 5.77. The van der Waals surface area contributed by atoms with E-state index < -0.39 is 42.4 Å². The Kier molecular flexibility index (Phi) is 7.88. The van der Waals surface area contributed by atoms with Gasteiger partial charge in [0.05, 0.1) is 19.1 Å². The van der Waals surface area contributed by atoms with Crippen LogP contribution in [0.4, 0.5) is 4.79 Å². The van der Waals surface area contributed by atoms with Gasteiger partial charge in [-0.15, -0.1) is 0 Å². The molecule has 2 amide bonds. The molecule has 2 aromatic rings. The maximum atomic E-state index is 13.7. The third-order valence-corrected chi connectivity index (χ3v) is 6.92. The maximum Gasteiger partial charge on any atom is 0.318 e. The van der Waals surface area contributed by atoms with Crippen LogP contribution in [0.2, 0.25) is 0 Å². The molecule has 0 aromatic heterocycles.